The van der Waals surface area contributed by atoms with E-state index < -0.39 is 0 Å². The fourth-order valence-corrected chi connectivity index (χ4v) is 2.79. The third-order valence-corrected chi connectivity index (χ3v) is 3.74. The third-order valence-electron chi connectivity index (χ3n) is 3.74. The molecule has 1 aliphatic rings. The number of aryl methyl sites for hydroxylation is 1. The summed E-state index contributed by atoms with van der Waals surface area (Å²) in [5.74, 6) is 0.937. The Morgan fingerprint density at radius 2 is 2.11 bits per heavy atom. The van der Waals surface area contributed by atoms with Gasteiger partial charge in [-0.3, -0.25) is 4.79 Å². The zero-order valence-electron chi connectivity index (χ0n) is 12.1. The van der Waals surface area contributed by atoms with Gasteiger partial charge in [-0.05, 0) is 39.1 Å². The van der Waals surface area contributed by atoms with Gasteiger partial charge in [0.2, 0.25) is 0 Å². The lowest BCUT2D eigenvalue weighted by molar-refractivity contribution is 0.0781. The molecular formula is C14H22N4O. The molecule has 1 aromatic rings. The van der Waals surface area contributed by atoms with Crippen LogP contribution in [0.3, 0.4) is 0 Å². The molecule has 0 spiro atoms. The maximum Gasteiger partial charge on any atom is 0.254 e. The predicted molar refractivity (Wildman–Crippen MR) is 75.9 cm³/mol. The molecule has 2 unspecified atom stereocenters. The van der Waals surface area contributed by atoms with E-state index in [1.54, 1.807) is 12.1 Å². The fraction of sp³-hybridized carbons (Fsp3) is 0.571. The predicted octanol–water partition coefficient (Wildman–Crippen LogP) is 0.994. The first-order valence-corrected chi connectivity index (χ1v) is 6.58. The first-order valence-electron chi connectivity index (χ1n) is 6.58. The van der Waals surface area contributed by atoms with Gasteiger partial charge in [0, 0.05) is 30.4 Å². The summed E-state index contributed by atoms with van der Waals surface area (Å²) in [4.78, 5) is 20.7. The number of hydrogen-bond acceptors (Lipinski definition) is 4. The Bertz CT molecular complexity index is 466. The van der Waals surface area contributed by atoms with Crippen LogP contribution in [0.15, 0.2) is 12.1 Å². The lowest BCUT2D eigenvalue weighted by atomic mass is 10.1. The Hall–Kier alpha value is -1.62. The molecule has 19 heavy (non-hydrogen) atoms. The summed E-state index contributed by atoms with van der Waals surface area (Å²) >= 11 is 0. The zero-order chi connectivity index (χ0) is 14.2. The summed E-state index contributed by atoms with van der Waals surface area (Å²) in [6, 6.07) is 3.87. The minimum atomic E-state index is 0.0494. The number of carbonyl (C=O) groups excluding carboxylic acids is 1. The third kappa shape index (κ3) is 2.87. The van der Waals surface area contributed by atoms with Gasteiger partial charge in [-0.2, -0.15) is 0 Å². The van der Waals surface area contributed by atoms with Gasteiger partial charge in [-0.15, -0.1) is 0 Å². The highest BCUT2D eigenvalue weighted by Gasteiger charge is 2.34. The Kier molecular flexibility index (Phi) is 3.75. The van der Waals surface area contributed by atoms with Crippen LogP contribution >= 0.6 is 0 Å². The standard InChI is InChI=1S/C14H22N4O/c1-9-7-18(8-12(9)17(3)4)14(19)11-5-10(2)16-13(15)6-11/h5-6,9,12H,7-8H2,1-4H3,(H2,15,16). The highest BCUT2D eigenvalue weighted by atomic mass is 16.2. The molecule has 1 fully saturated rings. The van der Waals surface area contributed by atoms with Gasteiger partial charge < -0.3 is 15.5 Å². The van der Waals surface area contributed by atoms with E-state index in [-0.39, 0.29) is 5.91 Å². The van der Waals surface area contributed by atoms with Gasteiger partial charge in [-0.25, -0.2) is 4.98 Å². The Balaban J connectivity index is 2.17. The van der Waals surface area contributed by atoms with Crippen molar-refractivity contribution in [2.45, 2.75) is 19.9 Å². The number of rotatable bonds is 2. The summed E-state index contributed by atoms with van der Waals surface area (Å²) in [6.07, 6.45) is 0. The van der Waals surface area contributed by atoms with E-state index in [9.17, 15) is 4.79 Å². The van der Waals surface area contributed by atoms with Crippen LogP contribution in [0.2, 0.25) is 0 Å². The molecule has 2 atom stereocenters. The van der Waals surface area contributed by atoms with Crippen molar-refractivity contribution in [1.82, 2.24) is 14.8 Å². The van der Waals surface area contributed by atoms with Crippen molar-refractivity contribution in [1.29, 1.82) is 0 Å². The van der Waals surface area contributed by atoms with Gasteiger partial charge >= 0.3 is 0 Å². The topological polar surface area (TPSA) is 62.5 Å². The molecule has 1 aromatic heterocycles. The number of pyridine rings is 1. The molecule has 2 heterocycles. The maximum absolute atomic E-state index is 12.5. The van der Waals surface area contributed by atoms with Crippen LogP contribution in [0, 0.1) is 12.8 Å². The average molecular weight is 262 g/mol. The summed E-state index contributed by atoms with van der Waals surface area (Å²) in [5, 5.41) is 0. The van der Waals surface area contributed by atoms with Crippen molar-refractivity contribution >= 4 is 11.7 Å². The molecule has 2 N–H and O–H groups in total. The SMILES string of the molecule is Cc1cc(C(=O)N2CC(C)C(N(C)C)C2)cc(N)n1. The molecule has 0 saturated carbocycles. The van der Waals surface area contributed by atoms with Gasteiger partial charge in [-0.1, -0.05) is 6.92 Å². The first kappa shape index (κ1) is 13.8. The summed E-state index contributed by atoms with van der Waals surface area (Å²) in [7, 11) is 4.12. The molecule has 104 valence electrons. The Morgan fingerprint density at radius 3 is 2.63 bits per heavy atom. The summed E-state index contributed by atoms with van der Waals surface area (Å²) < 4.78 is 0. The van der Waals surface area contributed by atoms with Crippen LogP contribution in [0.1, 0.15) is 23.0 Å². The van der Waals surface area contributed by atoms with Crippen LogP contribution < -0.4 is 5.73 Å². The molecule has 1 saturated heterocycles. The minimum Gasteiger partial charge on any atom is -0.384 e. The number of nitrogens with two attached hydrogens (primary N) is 1. The number of nitrogens with zero attached hydrogens (tertiary/aromatic N) is 3. The van der Waals surface area contributed by atoms with E-state index in [1.165, 1.54) is 0 Å². The van der Waals surface area contributed by atoms with Crippen LogP contribution in [-0.2, 0) is 0 Å². The summed E-state index contributed by atoms with van der Waals surface area (Å²) in [5.41, 5.74) is 7.12. The van der Waals surface area contributed by atoms with Gasteiger partial charge in [0.25, 0.3) is 5.91 Å². The lowest BCUT2D eigenvalue weighted by Crippen LogP contribution is -2.35. The number of amides is 1. The van der Waals surface area contributed by atoms with Crippen LogP contribution in [0.25, 0.3) is 0 Å². The number of likely N-dealkylation sites (tertiary alicyclic amines) is 1. The number of aromatic nitrogens is 1. The molecule has 5 heteroatoms. The first-order chi connectivity index (χ1) is 8.88. The number of hydrogen-bond donors (Lipinski definition) is 1. The van der Waals surface area contributed by atoms with Crippen molar-refractivity contribution < 1.29 is 4.79 Å². The molecule has 5 nitrogen and oxygen atoms in total. The van der Waals surface area contributed by atoms with E-state index in [0.717, 1.165) is 18.8 Å². The smallest absolute Gasteiger partial charge is 0.254 e. The van der Waals surface area contributed by atoms with Crippen LogP contribution in [0.4, 0.5) is 5.82 Å². The number of nitrogen functional groups attached to an aromatic ring is 1. The number of anilines is 1. The monoisotopic (exact) mass is 262 g/mol. The molecule has 0 aliphatic carbocycles. The fourth-order valence-electron chi connectivity index (χ4n) is 2.79. The normalized spacial score (nSPS) is 23.1. The van der Waals surface area contributed by atoms with E-state index in [0.29, 0.717) is 23.3 Å². The maximum atomic E-state index is 12.5. The highest BCUT2D eigenvalue weighted by molar-refractivity contribution is 5.95. The minimum absolute atomic E-state index is 0.0494. The molecule has 0 bridgehead atoms. The number of likely N-dealkylation sites (N-methyl/N-ethyl adjacent to an activating group) is 1. The van der Waals surface area contributed by atoms with E-state index in [1.807, 2.05) is 11.8 Å². The molecule has 1 amide bonds. The van der Waals surface area contributed by atoms with Crippen LogP contribution in [-0.4, -0.2) is 53.9 Å². The van der Waals surface area contributed by atoms with E-state index in [2.05, 4.69) is 30.9 Å². The van der Waals surface area contributed by atoms with Gasteiger partial charge in [0.1, 0.15) is 5.82 Å². The molecule has 1 aliphatic heterocycles. The average Bonchev–Trinajstić information content (AvgIpc) is 2.69. The van der Waals surface area contributed by atoms with E-state index in [4.69, 9.17) is 5.73 Å². The summed E-state index contributed by atoms with van der Waals surface area (Å²) in [6.45, 7) is 5.60. The van der Waals surface area contributed by atoms with Crippen molar-refractivity contribution in [3.63, 3.8) is 0 Å². The Morgan fingerprint density at radius 1 is 1.42 bits per heavy atom. The van der Waals surface area contributed by atoms with Crippen LogP contribution in [0.5, 0.6) is 0 Å². The molecule has 2 rings (SSSR count). The second kappa shape index (κ2) is 5.17. The highest BCUT2D eigenvalue weighted by Crippen LogP contribution is 2.22. The van der Waals surface area contributed by atoms with Gasteiger partial charge in [0.05, 0.1) is 0 Å². The molecule has 0 aromatic carbocycles. The number of carbonyl (C=O) groups is 1. The Labute approximate surface area is 114 Å². The molecule has 0 radical (unpaired) electrons. The largest absolute Gasteiger partial charge is 0.384 e. The lowest BCUT2D eigenvalue weighted by Gasteiger charge is -2.22. The zero-order valence-corrected chi connectivity index (χ0v) is 12.1. The van der Waals surface area contributed by atoms with Crippen molar-refractivity contribution in [3.8, 4) is 0 Å². The second-order valence-corrected chi connectivity index (χ2v) is 5.64. The quantitative estimate of drug-likeness (QED) is 0.863. The van der Waals surface area contributed by atoms with E-state index >= 15 is 0 Å². The van der Waals surface area contributed by atoms with Crippen molar-refractivity contribution in [2.75, 3.05) is 32.9 Å². The van der Waals surface area contributed by atoms with Gasteiger partial charge in [0.15, 0.2) is 0 Å². The van der Waals surface area contributed by atoms with Crippen molar-refractivity contribution in [3.05, 3.63) is 23.4 Å². The second-order valence-electron chi connectivity index (χ2n) is 5.64. The molecular weight excluding hydrogens is 240 g/mol. The van der Waals surface area contributed by atoms with Crippen molar-refractivity contribution in [2.24, 2.45) is 5.92 Å².